The van der Waals surface area contributed by atoms with Gasteiger partial charge in [0.15, 0.2) is 0 Å². The summed E-state index contributed by atoms with van der Waals surface area (Å²) in [4.78, 5) is 14.7. The highest BCUT2D eigenvalue weighted by Gasteiger charge is 2.02. The quantitative estimate of drug-likeness (QED) is 0.835. The summed E-state index contributed by atoms with van der Waals surface area (Å²) in [6.45, 7) is 0. The second-order valence-electron chi connectivity index (χ2n) is 4.02. The zero-order valence-corrected chi connectivity index (χ0v) is 10.6. The third-order valence-electron chi connectivity index (χ3n) is 2.60. The number of hydrogen-bond donors (Lipinski definition) is 2. The summed E-state index contributed by atoms with van der Waals surface area (Å²) >= 11 is 0. The van der Waals surface area contributed by atoms with Gasteiger partial charge < -0.3 is 11.1 Å². The summed E-state index contributed by atoms with van der Waals surface area (Å²) < 4.78 is 0. The van der Waals surface area contributed by atoms with Crippen molar-refractivity contribution in [2.75, 3.05) is 5.32 Å². The van der Waals surface area contributed by atoms with Crippen molar-refractivity contribution in [1.29, 1.82) is 5.26 Å². The number of anilines is 1. The molecule has 2 aromatic rings. The van der Waals surface area contributed by atoms with Crippen molar-refractivity contribution in [3.63, 3.8) is 0 Å². The van der Waals surface area contributed by atoms with Gasteiger partial charge in [0.05, 0.1) is 11.6 Å². The lowest BCUT2D eigenvalue weighted by Crippen LogP contribution is -2.19. The van der Waals surface area contributed by atoms with E-state index in [0.717, 1.165) is 11.1 Å². The van der Waals surface area contributed by atoms with Crippen LogP contribution >= 0.6 is 0 Å². The lowest BCUT2D eigenvalue weighted by atomic mass is 10.0. The second-order valence-corrected chi connectivity index (χ2v) is 4.02. The van der Waals surface area contributed by atoms with Gasteiger partial charge in [-0.3, -0.25) is 4.98 Å². The average Bonchev–Trinajstić information content (AvgIpc) is 2.46. The van der Waals surface area contributed by atoms with E-state index in [0.29, 0.717) is 11.3 Å². The van der Waals surface area contributed by atoms with Gasteiger partial charge in [0.1, 0.15) is 0 Å². The van der Waals surface area contributed by atoms with E-state index in [1.165, 1.54) is 0 Å². The van der Waals surface area contributed by atoms with Gasteiger partial charge in [-0.15, -0.1) is 0 Å². The molecular weight excluding hydrogens is 252 g/mol. The number of aromatic nitrogens is 1. The van der Waals surface area contributed by atoms with Crippen LogP contribution in [0.5, 0.6) is 0 Å². The second kappa shape index (κ2) is 6.16. The number of benzene rings is 1. The number of rotatable bonds is 3. The third kappa shape index (κ3) is 3.43. The minimum absolute atomic E-state index is 0.529. The Bertz CT molecular complexity index is 669. The van der Waals surface area contributed by atoms with Crippen molar-refractivity contribution in [1.82, 2.24) is 4.98 Å². The molecule has 2 amide bonds. The minimum Gasteiger partial charge on any atom is -0.351 e. The number of allylic oxidation sites excluding steroid dienone is 1. The lowest BCUT2D eigenvalue weighted by Gasteiger charge is -2.03. The summed E-state index contributed by atoms with van der Waals surface area (Å²) in [5.74, 6) is 0. The van der Waals surface area contributed by atoms with Gasteiger partial charge in [0.25, 0.3) is 0 Å². The average molecular weight is 264 g/mol. The number of nitrogens with zero attached hydrogens (tertiary/aromatic N) is 2. The molecule has 1 aromatic heterocycles. The van der Waals surface area contributed by atoms with Gasteiger partial charge in [0, 0.05) is 18.1 Å². The molecule has 0 atom stereocenters. The number of pyridine rings is 1. The van der Waals surface area contributed by atoms with Crippen LogP contribution in [0.2, 0.25) is 0 Å². The molecule has 0 aliphatic heterocycles. The number of carbonyl (C=O) groups excluding carboxylic acids is 1. The predicted molar refractivity (Wildman–Crippen MR) is 77.4 cm³/mol. The Morgan fingerprint density at radius 2 is 1.85 bits per heavy atom. The number of amides is 2. The SMILES string of the molecule is N#C/C(=C\c1ccncc1)c1ccc(NC(N)=O)cc1. The van der Waals surface area contributed by atoms with E-state index in [2.05, 4.69) is 16.4 Å². The Morgan fingerprint density at radius 3 is 2.40 bits per heavy atom. The van der Waals surface area contributed by atoms with Crippen molar-refractivity contribution >= 4 is 23.4 Å². The lowest BCUT2D eigenvalue weighted by molar-refractivity contribution is 0.259. The normalized spacial score (nSPS) is 10.7. The fraction of sp³-hybridized carbons (Fsp3) is 0. The van der Waals surface area contributed by atoms with E-state index < -0.39 is 6.03 Å². The molecular formula is C15H12N4O. The summed E-state index contributed by atoms with van der Waals surface area (Å²) in [6, 6.07) is 12.1. The smallest absolute Gasteiger partial charge is 0.316 e. The molecule has 0 fully saturated rings. The first-order valence-corrected chi connectivity index (χ1v) is 5.88. The number of carbonyl (C=O) groups is 1. The van der Waals surface area contributed by atoms with Crippen molar-refractivity contribution in [2.24, 2.45) is 5.73 Å². The first kappa shape index (κ1) is 13.3. The topological polar surface area (TPSA) is 91.8 Å². The molecule has 98 valence electrons. The number of urea groups is 1. The van der Waals surface area contributed by atoms with Gasteiger partial charge in [-0.2, -0.15) is 5.26 Å². The van der Waals surface area contributed by atoms with Crippen molar-refractivity contribution in [3.8, 4) is 6.07 Å². The first-order chi connectivity index (χ1) is 9.69. The van der Waals surface area contributed by atoms with Crippen LogP contribution in [0.4, 0.5) is 10.5 Å². The van der Waals surface area contributed by atoms with Crippen LogP contribution in [0.3, 0.4) is 0 Å². The minimum atomic E-state index is -0.620. The zero-order chi connectivity index (χ0) is 14.4. The van der Waals surface area contributed by atoms with Crippen LogP contribution in [-0.2, 0) is 0 Å². The molecule has 0 aliphatic carbocycles. The fourth-order valence-electron chi connectivity index (χ4n) is 1.68. The fourth-order valence-corrected chi connectivity index (χ4v) is 1.68. The molecule has 3 N–H and O–H groups in total. The molecule has 0 unspecified atom stereocenters. The molecule has 0 saturated carbocycles. The van der Waals surface area contributed by atoms with Crippen molar-refractivity contribution in [2.45, 2.75) is 0 Å². The van der Waals surface area contributed by atoms with E-state index in [1.54, 1.807) is 42.7 Å². The third-order valence-corrected chi connectivity index (χ3v) is 2.60. The Labute approximate surface area is 116 Å². The molecule has 5 heteroatoms. The summed E-state index contributed by atoms with van der Waals surface area (Å²) in [6.07, 6.45) is 5.11. The Kier molecular flexibility index (Phi) is 4.10. The van der Waals surface area contributed by atoms with Crippen molar-refractivity contribution < 1.29 is 4.79 Å². The molecule has 1 heterocycles. The number of nitrogens with two attached hydrogens (primary N) is 1. The highest BCUT2D eigenvalue weighted by atomic mass is 16.2. The van der Waals surface area contributed by atoms with Crippen LogP contribution in [0.25, 0.3) is 11.6 Å². The maximum atomic E-state index is 10.7. The van der Waals surface area contributed by atoms with Crippen LogP contribution in [-0.4, -0.2) is 11.0 Å². The van der Waals surface area contributed by atoms with E-state index in [9.17, 15) is 10.1 Å². The number of nitrogens with one attached hydrogen (secondary N) is 1. The highest BCUT2D eigenvalue weighted by Crippen LogP contribution is 2.19. The van der Waals surface area contributed by atoms with Gasteiger partial charge >= 0.3 is 6.03 Å². The first-order valence-electron chi connectivity index (χ1n) is 5.88. The van der Waals surface area contributed by atoms with Crippen LogP contribution in [0, 0.1) is 11.3 Å². The molecule has 5 nitrogen and oxygen atoms in total. The van der Waals surface area contributed by atoms with Gasteiger partial charge in [-0.05, 0) is 41.5 Å². The molecule has 0 saturated heterocycles. The Morgan fingerprint density at radius 1 is 1.20 bits per heavy atom. The zero-order valence-electron chi connectivity index (χ0n) is 10.6. The van der Waals surface area contributed by atoms with Crippen LogP contribution in [0.1, 0.15) is 11.1 Å². The molecule has 0 spiro atoms. The van der Waals surface area contributed by atoms with E-state index in [4.69, 9.17) is 5.73 Å². The van der Waals surface area contributed by atoms with E-state index in [1.807, 2.05) is 12.1 Å². The van der Waals surface area contributed by atoms with Gasteiger partial charge in [-0.25, -0.2) is 4.79 Å². The van der Waals surface area contributed by atoms with Gasteiger partial charge in [-0.1, -0.05) is 12.1 Å². The number of primary amides is 1. The van der Waals surface area contributed by atoms with E-state index in [-0.39, 0.29) is 0 Å². The monoisotopic (exact) mass is 264 g/mol. The summed E-state index contributed by atoms with van der Waals surface area (Å²) in [5, 5.41) is 11.7. The maximum Gasteiger partial charge on any atom is 0.316 e. The number of nitriles is 1. The highest BCUT2D eigenvalue weighted by molar-refractivity contribution is 5.91. The Hall–Kier alpha value is -3.13. The molecule has 20 heavy (non-hydrogen) atoms. The molecule has 0 radical (unpaired) electrons. The molecule has 2 rings (SSSR count). The number of hydrogen-bond acceptors (Lipinski definition) is 3. The Balaban J connectivity index is 2.27. The van der Waals surface area contributed by atoms with Crippen LogP contribution in [0.15, 0.2) is 48.8 Å². The molecule has 0 bridgehead atoms. The summed E-state index contributed by atoms with van der Waals surface area (Å²) in [5.41, 5.74) is 7.81. The predicted octanol–water partition coefficient (Wildman–Crippen LogP) is 2.64. The standard InChI is InChI=1S/C15H12N4O/c16-10-13(9-11-5-7-18-8-6-11)12-1-3-14(4-2-12)19-15(17)20/h1-9H,(H3,17,19,20)/b13-9+. The largest absolute Gasteiger partial charge is 0.351 e. The summed E-state index contributed by atoms with van der Waals surface area (Å²) in [7, 11) is 0. The van der Waals surface area contributed by atoms with E-state index >= 15 is 0 Å². The van der Waals surface area contributed by atoms with Crippen molar-refractivity contribution in [3.05, 3.63) is 59.9 Å². The molecule has 1 aromatic carbocycles. The maximum absolute atomic E-state index is 10.7. The molecule has 0 aliphatic rings. The van der Waals surface area contributed by atoms with Gasteiger partial charge in [0.2, 0.25) is 0 Å². The van der Waals surface area contributed by atoms with Crippen LogP contribution < -0.4 is 11.1 Å².